The van der Waals surface area contributed by atoms with E-state index >= 15 is 0 Å². The second kappa shape index (κ2) is 4.45. The summed E-state index contributed by atoms with van der Waals surface area (Å²) < 4.78 is 0. The van der Waals surface area contributed by atoms with Gasteiger partial charge in [-0.3, -0.25) is 4.79 Å². The van der Waals surface area contributed by atoms with Gasteiger partial charge in [0.1, 0.15) is 5.82 Å². The third-order valence-electron chi connectivity index (χ3n) is 1.70. The molecule has 0 amide bonds. The van der Waals surface area contributed by atoms with Gasteiger partial charge in [0.15, 0.2) is 0 Å². The molecule has 1 aromatic heterocycles. The van der Waals surface area contributed by atoms with Gasteiger partial charge in [-0.05, 0) is 19.1 Å². The number of pyridine rings is 1. The zero-order chi connectivity index (χ0) is 10.6. The summed E-state index contributed by atoms with van der Waals surface area (Å²) in [5, 5.41) is 11.3. The number of nitrogens with two attached hydrogens (primary N) is 1. The van der Waals surface area contributed by atoms with Gasteiger partial charge in [0.25, 0.3) is 0 Å². The second-order valence-electron chi connectivity index (χ2n) is 2.96. The minimum atomic E-state index is -0.844. The van der Waals surface area contributed by atoms with Gasteiger partial charge in [0, 0.05) is 12.2 Å². The molecule has 0 saturated carbocycles. The number of aromatic nitrogens is 1. The molecule has 1 rings (SSSR count). The van der Waals surface area contributed by atoms with Crippen LogP contribution in [0.2, 0.25) is 0 Å². The van der Waals surface area contributed by atoms with Crippen molar-refractivity contribution in [2.75, 3.05) is 17.6 Å². The Balaban J connectivity index is 2.57. The number of aryl methyl sites for hydroxylation is 1. The largest absolute Gasteiger partial charge is 0.481 e. The molecule has 0 aliphatic heterocycles. The molecule has 1 aromatic rings. The molecule has 76 valence electrons. The molecule has 0 aromatic carbocycles. The molecule has 5 heteroatoms. The molecule has 0 radical (unpaired) electrons. The summed E-state index contributed by atoms with van der Waals surface area (Å²) in [5.41, 5.74) is 7.01. The maximum absolute atomic E-state index is 10.2. The zero-order valence-corrected chi connectivity index (χ0v) is 7.95. The average Bonchev–Trinajstić information content (AvgIpc) is 2.10. The first-order chi connectivity index (χ1) is 6.59. The Labute approximate surface area is 82.0 Å². The van der Waals surface area contributed by atoms with Crippen LogP contribution in [0.4, 0.5) is 11.5 Å². The number of carboxylic acid groups (broad SMARTS) is 1. The van der Waals surface area contributed by atoms with Crippen LogP contribution < -0.4 is 11.1 Å². The van der Waals surface area contributed by atoms with E-state index in [0.717, 1.165) is 5.69 Å². The Morgan fingerprint density at radius 2 is 2.36 bits per heavy atom. The highest BCUT2D eigenvalue weighted by Gasteiger charge is 2.01. The van der Waals surface area contributed by atoms with Crippen LogP contribution in [0.25, 0.3) is 0 Å². The maximum Gasteiger partial charge on any atom is 0.305 e. The van der Waals surface area contributed by atoms with Gasteiger partial charge in [-0.2, -0.15) is 0 Å². The Morgan fingerprint density at radius 1 is 1.64 bits per heavy atom. The molecule has 0 saturated heterocycles. The lowest BCUT2D eigenvalue weighted by molar-refractivity contribution is -0.136. The first-order valence-electron chi connectivity index (χ1n) is 4.28. The minimum Gasteiger partial charge on any atom is -0.481 e. The van der Waals surface area contributed by atoms with E-state index in [1.54, 1.807) is 12.1 Å². The van der Waals surface area contributed by atoms with Crippen LogP contribution in [-0.2, 0) is 4.79 Å². The Kier molecular flexibility index (Phi) is 3.28. The molecular weight excluding hydrogens is 182 g/mol. The molecule has 0 fully saturated rings. The highest BCUT2D eigenvalue weighted by Crippen LogP contribution is 2.14. The molecule has 1 heterocycles. The van der Waals surface area contributed by atoms with Crippen LogP contribution >= 0.6 is 0 Å². The average molecular weight is 195 g/mol. The standard InChI is InChI=1S/C9H13N3O2/c1-6-2-3-7(10)9(12-6)11-5-4-8(13)14/h2-3H,4-5,10H2,1H3,(H,11,12)(H,13,14). The predicted octanol–water partition coefficient (Wildman–Crippen LogP) is 0.859. The summed E-state index contributed by atoms with van der Waals surface area (Å²) in [6.07, 6.45) is 0.0507. The summed E-state index contributed by atoms with van der Waals surface area (Å²) in [5.74, 6) is -0.296. The number of hydrogen-bond acceptors (Lipinski definition) is 4. The van der Waals surface area contributed by atoms with Crippen molar-refractivity contribution in [3.05, 3.63) is 17.8 Å². The molecule has 0 spiro atoms. The molecule has 5 nitrogen and oxygen atoms in total. The first kappa shape index (κ1) is 10.3. The highest BCUT2D eigenvalue weighted by atomic mass is 16.4. The van der Waals surface area contributed by atoms with Crippen molar-refractivity contribution in [1.82, 2.24) is 4.98 Å². The van der Waals surface area contributed by atoms with E-state index in [0.29, 0.717) is 18.1 Å². The van der Waals surface area contributed by atoms with E-state index in [-0.39, 0.29) is 6.42 Å². The number of carboxylic acids is 1. The smallest absolute Gasteiger partial charge is 0.305 e. The van der Waals surface area contributed by atoms with Crippen LogP contribution in [0.3, 0.4) is 0 Å². The fraction of sp³-hybridized carbons (Fsp3) is 0.333. The fourth-order valence-corrected chi connectivity index (χ4v) is 0.997. The van der Waals surface area contributed by atoms with Crippen molar-refractivity contribution in [1.29, 1.82) is 0 Å². The SMILES string of the molecule is Cc1ccc(N)c(NCCC(=O)O)n1. The van der Waals surface area contributed by atoms with Gasteiger partial charge < -0.3 is 16.2 Å². The molecule has 0 atom stereocenters. The molecule has 0 unspecified atom stereocenters. The number of nitrogen functional groups attached to an aromatic ring is 1. The predicted molar refractivity (Wildman–Crippen MR) is 54.1 cm³/mol. The van der Waals surface area contributed by atoms with Crippen molar-refractivity contribution >= 4 is 17.5 Å². The number of nitrogens with one attached hydrogen (secondary N) is 1. The third kappa shape index (κ3) is 2.93. The number of aliphatic carboxylic acids is 1. The Bertz CT molecular complexity index is 339. The van der Waals surface area contributed by atoms with Crippen LogP contribution in [0.1, 0.15) is 12.1 Å². The number of rotatable bonds is 4. The molecule has 0 bridgehead atoms. The van der Waals surface area contributed by atoms with Crippen molar-refractivity contribution < 1.29 is 9.90 Å². The third-order valence-corrected chi connectivity index (χ3v) is 1.70. The van der Waals surface area contributed by atoms with Crippen LogP contribution in [0.5, 0.6) is 0 Å². The van der Waals surface area contributed by atoms with E-state index in [1.807, 2.05) is 6.92 Å². The second-order valence-corrected chi connectivity index (χ2v) is 2.96. The molecular formula is C9H13N3O2. The zero-order valence-electron chi connectivity index (χ0n) is 7.95. The van der Waals surface area contributed by atoms with Crippen molar-refractivity contribution in [3.8, 4) is 0 Å². The van der Waals surface area contributed by atoms with Gasteiger partial charge >= 0.3 is 5.97 Å². The van der Waals surface area contributed by atoms with E-state index in [1.165, 1.54) is 0 Å². The van der Waals surface area contributed by atoms with E-state index in [9.17, 15) is 4.79 Å². The molecule has 14 heavy (non-hydrogen) atoms. The van der Waals surface area contributed by atoms with Gasteiger partial charge in [0.05, 0.1) is 12.1 Å². The quantitative estimate of drug-likeness (QED) is 0.663. The molecule has 0 aliphatic carbocycles. The number of carbonyl (C=O) groups is 1. The summed E-state index contributed by atoms with van der Waals surface area (Å²) in [4.78, 5) is 14.4. The monoisotopic (exact) mass is 195 g/mol. The lowest BCUT2D eigenvalue weighted by Gasteiger charge is -2.07. The van der Waals surface area contributed by atoms with E-state index in [4.69, 9.17) is 10.8 Å². The Morgan fingerprint density at radius 3 is 3.00 bits per heavy atom. The van der Waals surface area contributed by atoms with Crippen molar-refractivity contribution in [2.45, 2.75) is 13.3 Å². The van der Waals surface area contributed by atoms with Crippen LogP contribution in [0.15, 0.2) is 12.1 Å². The maximum atomic E-state index is 10.2. The van der Waals surface area contributed by atoms with Crippen molar-refractivity contribution in [3.63, 3.8) is 0 Å². The van der Waals surface area contributed by atoms with Gasteiger partial charge in [-0.15, -0.1) is 0 Å². The first-order valence-corrected chi connectivity index (χ1v) is 4.28. The molecule has 4 N–H and O–H groups in total. The minimum absolute atomic E-state index is 0.0507. The highest BCUT2D eigenvalue weighted by molar-refractivity contribution is 5.68. The fourth-order valence-electron chi connectivity index (χ4n) is 0.997. The van der Waals surface area contributed by atoms with Crippen LogP contribution in [0, 0.1) is 6.92 Å². The van der Waals surface area contributed by atoms with Crippen molar-refractivity contribution in [2.24, 2.45) is 0 Å². The normalized spacial score (nSPS) is 9.79. The van der Waals surface area contributed by atoms with E-state index in [2.05, 4.69) is 10.3 Å². The lowest BCUT2D eigenvalue weighted by atomic mass is 10.3. The molecule has 0 aliphatic rings. The summed E-state index contributed by atoms with van der Waals surface area (Å²) in [6, 6.07) is 3.54. The van der Waals surface area contributed by atoms with Gasteiger partial charge in [-0.25, -0.2) is 4.98 Å². The van der Waals surface area contributed by atoms with Crippen LogP contribution in [-0.4, -0.2) is 22.6 Å². The number of hydrogen-bond donors (Lipinski definition) is 3. The van der Waals surface area contributed by atoms with Gasteiger partial charge in [-0.1, -0.05) is 0 Å². The van der Waals surface area contributed by atoms with E-state index < -0.39 is 5.97 Å². The summed E-state index contributed by atoms with van der Waals surface area (Å²) in [7, 11) is 0. The Hall–Kier alpha value is -1.78. The van der Waals surface area contributed by atoms with Gasteiger partial charge in [0.2, 0.25) is 0 Å². The summed E-state index contributed by atoms with van der Waals surface area (Å²) in [6.45, 7) is 2.18. The summed E-state index contributed by atoms with van der Waals surface area (Å²) >= 11 is 0. The number of nitrogens with zero attached hydrogens (tertiary/aromatic N) is 1. The number of anilines is 2. The topological polar surface area (TPSA) is 88.2 Å². The lowest BCUT2D eigenvalue weighted by Crippen LogP contribution is -2.10.